The molecule has 1 amide bonds. The first kappa shape index (κ1) is 19.0. The molecule has 3 nitrogen and oxygen atoms in total. The number of ether oxygens (including phenoxy) is 1. The average molecular weight is 361 g/mol. The van der Waals surface area contributed by atoms with Gasteiger partial charge in [0.05, 0.1) is 6.54 Å². The summed E-state index contributed by atoms with van der Waals surface area (Å²) in [5, 5.41) is 5.42. The van der Waals surface area contributed by atoms with Gasteiger partial charge in [0.15, 0.2) is 0 Å². The van der Waals surface area contributed by atoms with Gasteiger partial charge in [0, 0.05) is 5.92 Å². The van der Waals surface area contributed by atoms with Gasteiger partial charge >= 0.3 is 0 Å². The van der Waals surface area contributed by atoms with Crippen molar-refractivity contribution in [3.63, 3.8) is 0 Å². The van der Waals surface area contributed by atoms with Gasteiger partial charge in [-0.15, -0.1) is 0 Å². The monoisotopic (exact) mass is 361 g/mol. The molecular weight excluding hydrogens is 334 g/mol. The summed E-state index contributed by atoms with van der Waals surface area (Å²) in [6.07, 6.45) is 0.727. The number of fused-ring (bicyclic) bond motifs is 1. The maximum atomic E-state index is 12.4. The number of nitrogens with one attached hydrogen (secondary N) is 1. The number of amides is 1. The van der Waals surface area contributed by atoms with Crippen LogP contribution in [-0.4, -0.2) is 19.1 Å². The van der Waals surface area contributed by atoms with Crippen LogP contribution in [0.3, 0.4) is 0 Å². The summed E-state index contributed by atoms with van der Waals surface area (Å²) in [6.45, 7) is 7.10. The van der Waals surface area contributed by atoms with Crippen LogP contribution in [0.15, 0.2) is 60.7 Å². The van der Waals surface area contributed by atoms with Gasteiger partial charge in [0.2, 0.25) is 5.91 Å². The van der Waals surface area contributed by atoms with Crippen molar-refractivity contribution < 1.29 is 9.53 Å². The molecule has 0 aromatic heterocycles. The molecule has 1 N–H and O–H groups in total. The Morgan fingerprint density at radius 3 is 2.59 bits per heavy atom. The van der Waals surface area contributed by atoms with E-state index >= 15 is 0 Å². The zero-order chi connectivity index (χ0) is 19.2. The predicted molar refractivity (Wildman–Crippen MR) is 111 cm³/mol. The van der Waals surface area contributed by atoms with Crippen LogP contribution < -0.4 is 10.1 Å². The molecular formula is C24H27NO2. The normalized spacial score (nSPS) is 12.0. The van der Waals surface area contributed by atoms with Crippen molar-refractivity contribution in [1.29, 1.82) is 0 Å². The van der Waals surface area contributed by atoms with Crippen LogP contribution in [0.1, 0.15) is 23.6 Å². The summed E-state index contributed by atoms with van der Waals surface area (Å²) < 4.78 is 5.73. The molecule has 3 aromatic rings. The first-order valence-electron chi connectivity index (χ1n) is 9.49. The zero-order valence-corrected chi connectivity index (χ0v) is 16.3. The lowest BCUT2D eigenvalue weighted by molar-refractivity contribution is -0.124. The molecule has 27 heavy (non-hydrogen) atoms. The molecule has 3 rings (SSSR count). The van der Waals surface area contributed by atoms with Crippen LogP contribution in [-0.2, 0) is 11.2 Å². The van der Waals surface area contributed by atoms with E-state index in [0.29, 0.717) is 13.2 Å². The molecule has 0 heterocycles. The van der Waals surface area contributed by atoms with Crippen molar-refractivity contribution in [2.75, 3.05) is 13.2 Å². The molecule has 0 saturated carbocycles. The van der Waals surface area contributed by atoms with Gasteiger partial charge in [-0.3, -0.25) is 4.79 Å². The minimum Gasteiger partial charge on any atom is -0.492 e. The van der Waals surface area contributed by atoms with E-state index in [9.17, 15) is 4.79 Å². The Morgan fingerprint density at radius 1 is 1.00 bits per heavy atom. The van der Waals surface area contributed by atoms with Crippen molar-refractivity contribution in [3.05, 3.63) is 77.4 Å². The second kappa shape index (κ2) is 8.72. The summed E-state index contributed by atoms with van der Waals surface area (Å²) in [7, 11) is 0. The molecule has 0 aliphatic heterocycles. The number of rotatable bonds is 7. The summed E-state index contributed by atoms with van der Waals surface area (Å²) >= 11 is 0. The lowest BCUT2D eigenvalue weighted by Crippen LogP contribution is -2.33. The van der Waals surface area contributed by atoms with Crippen LogP contribution in [0.2, 0.25) is 0 Å². The molecule has 0 unspecified atom stereocenters. The highest BCUT2D eigenvalue weighted by molar-refractivity contribution is 5.86. The highest BCUT2D eigenvalue weighted by Gasteiger charge is 2.14. The summed E-state index contributed by atoms with van der Waals surface area (Å²) in [6, 6.07) is 20.6. The number of hydrogen-bond donors (Lipinski definition) is 1. The number of aryl methyl sites for hydroxylation is 2. The second-order valence-electron chi connectivity index (χ2n) is 7.13. The fraction of sp³-hybridized carbons (Fsp3) is 0.292. The van der Waals surface area contributed by atoms with E-state index in [0.717, 1.165) is 12.2 Å². The van der Waals surface area contributed by atoms with E-state index < -0.39 is 0 Å². The highest BCUT2D eigenvalue weighted by atomic mass is 16.5. The Labute approximate surface area is 161 Å². The second-order valence-corrected chi connectivity index (χ2v) is 7.13. The largest absolute Gasteiger partial charge is 0.492 e. The van der Waals surface area contributed by atoms with E-state index in [2.05, 4.69) is 55.6 Å². The van der Waals surface area contributed by atoms with Gasteiger partial charge in [0.25, 0.3) is 0 Å². The molecule has 0 bridgehead atoms. The third kappa shape index (κ3) is 4.88. The van der Waals surface area contributed by atoms with Crippen LogP contribution in [0.4, 0.5) is 0 Å². The smallest absolute Gasteiger partial charge is 0.223 e. The molecule has 0 fully saturated rings. The molecule has 140 valence electrons. The Morgan fingerprint density at radius 2 is 1.78 bits per heavy atom. The highest BCUT2D eigenvalue weighted by Crippen LogP contribution is 2.21. The van der Waals surface area contributed by atoms with Crippen molar-refractivity contribution in [3.8, 4) is 5.75 Å². The Bertz CT molecular complexity index is 927. The van der Waals surface area contributed by atoms with E-state index in [4.69, 9.17) is 4.74 Å². The van der Waals surface area contributed by atoms with Gasteiger partial charge in [-0.05, 0) is 59.9 Å². The number of benzene rings is 3. The van der Waals surface area contributed by atoms with Crippen LogP contribution >= 0.6 is 0 Å². The van der Waals surface area contributed by atoms with Crippen LogP contribution in [0.5, 0.6) is 5.75 Å². The van der Waals surface area contributed by atoms with E-state index in [-0.39, 0.29) is 11.8 Å². The number of carbonyl (C=O) groups is 1. The van der Waals surface area contributed by atoms with Crippen molar-refractivity contribution >= 4 is 16.7 Å². The van der Waals surface area contributed by atoms with Gasteiger partial charge in [0.1, 0.15) is 12.4 Å². The lowest BCUT2D eigenvalue weighted by atomic mass is 9.95. The summed E-state index contributed by atoms with van der Waals surface area (Å²) in [5.74, 6) is 0.820. The quantitative estimate of drug-likeness (QED) is 0.612. The fourth-order valence-corrected chi connectivity index (χ4v) is 3.21. The molecule has 1 atom stereocenters. The molecule has 0 spiro atoms. The average Bonchev–Trinajstić information content (AvgIpc) is 2.68. The molecule has 3 aromatic carbocycles. The maximum Gasteiger partial charge on any atom is 0.223 e. The molecule has 0 saturated heterocycles. The predicted octanol–water partition coefficient (Wildman–Crippen LogP) is 4.83. The first-order valence-corrected chi connectivity index (χ1v) is 9.49. The van der Waals surface area contributed by atoms with E-state index in [1.165, 1.54) is 27.5 Å². The first-order chi connectivity index (χ1) is 13.0. The number of carbonyl (C=O) groups excluding carboxylic acids is 1. The van der Waals surface area contributed by atoms with Crippen molar-refractivity contribution in [2.45, 2.75) is 27.2 Å². The fourth-order valence-electron chi connectivity index (χ4n) is 3.21. The molecule has 3 heteroatoms. The Hall–Kier alpha value is -2.81. The summed E-state index contributed by atoms with van der Waals surface area (Å²) in [4.78, 5) is 12.4. The van der Waals surface area contributed by atoms with E-state index in [1.807, 2.05) is 31.2 Å². The van der Waals surface area contributed by atoms with E-state index in [1.54, 1.807) is 0 Å². The third-order valence-electron chi connectivity index (χ3n) is 5.00. The van der Waals surface area contributed by atoms with Gasteiger partial charge in [-0.25, -0.2) is 0 Å². The number of hydrogen-bond acceptors (Lipinski definition) is 2. The summed E-state index contributed by atoms with van der Waals surface area (Å²) in [5.41, 5.74) is 3.67. The van der Waals surface area contributed by atoms with Gasteiger partial charge in [-0.2, -0.15) is 0 Å². The van der Waals surface area contributed by atoms with Gasteiger partial charge < -0.3 is 10.1 Å². The maximum absolute atomic E-state index is 12.4. The SMILES string of the molecule is Cc1ccc(OCCNC(=O)[C@H](C)Cc2cccc3ccccc23)cc1C. The Kier molecular flexibility index (Phi) is 6.12. The standard InChI is InChI=1S/C24H27NO2/c1-17-11-12-22(16-18(17)2)27-14-13-25-24(26)19(3)15-21-9-6-8-20-7-4-5-10-23(20)21/h4-12,16,19H,13-15H2,1-3H3,(H,25,26)/t19-/m1/s1. The van der Waals surface area contributed by atoms with Crippen molar-refractivity contribution in [2.24, 2.45) is 5.92 Å². The minimum absolute atomic E-state index is 0.0617. The molecule has 0 aliphatic rings. The topological polar surface area (TPSA) is 38.3 Å². The van der Waals surface area contributed by atoms with Crippen molar-refractivity contribution in [1.82, 2.24) is 5.32 Å². The van der Waals surface area contributed by atoms with Crippen LogP contribution in [0, 0.1) is 19.8 Å². The van der Waals surface area contributed by atoms with Gasteiger partial charge in [-0.1, -0.05) is 55.5 Å². The minimum atomic E-state index is -0.0857. The molecule has 0 radical (unpaired) electrons. The zero-order valence-electron chi connectivity index (χ0n) is 16.3. The molecule has 0 aliphatic carbocycles. The third-order valence-corrected chi connectivity index (χ3v) is 5.00. The Balaban J connectivity index is 1.49. The van der Waals surface area contributed by atoms with Crippen LogP contribution in [0.25, 0.3) is 10.8 Å². The lowest BCUT2D eigenvalue weighted by Gasteiger charge is -2.14.